The van der Waals surface area contributed by atoms with E-state index in [1.54, 1.807) is 6.92 Å². The third-order valence-electron chi connectivity index (χ3n) is 4.68. The predicted molar refractivity (Wildman–Crippen MR) is 106 cm³/mol. The van der Waals surface area contributed by atoms with E-state index in [1.807, 2.05) is 24.3 Å². The Kier molecular flexibility index (Phi) is 5.15. The maximum atomic E-state index is 13.3. The van der Waals surface area contributed by atoms with Crippen LogP contribution in [0.4, 0.5) is 9.52 Å². The highest BCUT2D eigenvalue weighted by Gasteiger charge is 2.39. The molecule has 1 aliphatic heterocycles. The number of rotatable bonds is 4. The summed E-state index contributed by atoms with van der Waals surface area (Å²) in [7, 11) is -4.03. The van der Waals surface area contributed by atoms with Crippen molar-refractivity contribution < 1.29 is 17.6 Å². The van der Waals surface area contributed by atoms with E-state index in [0.29, 0.717) is 10.1 Å². The van der Waals surface area contributed by atoms with Gasteiger partial charge in [0.05, 0.1) is 4.90 Å². The van der Waals surface area contributed by atoms with Crippen molar-refractivity contribution in [2.45, 2.75) is 30.8 Å². The number of halogens is 1. The molecule has 1 N–H and O–H groups in total. The van der Waals surface area contributed by atoms with Gasteiger partial charge >= 0.3 is 0 Å². The Morgan fingerprint density at radius 1 is 1.14 bits per heavy atom. The van der Waals surface area contributed by atoms with Crippen LogP contribution in [-0.2, 0) is 27.8 Å². The van der Waals surface area contributed by atoms with E-state index in [-0.39, 0.29) is 17.9 Å². The first kappa shape index (κ1) is 19.6. The number of nitrogens with zero attached hydrogens (tertiary/aromatic N) is 3. The molecule has 0 radical (unpaired) electrons. The first-order valence-corrected chi connectivity index (χ1v) is 11.1. The number of aryl methyl sites for hydroxylation is 1. The van der Waals surface area contributed by atoms with Crippen LogP contribution in [0.25, 0.3) is 0 Å². The van der Waals surface area contributed by atoms with Gasteiger partial charge in [0, 0.05) is 6.54 Å². The summed E-state index contributed by atoms with van der Waals surface area (Å²) in [5.41, 5.74) is 1.74. The summed E-state index contributed by atoms with van der Waals surface area (Å²) in [6.07, 6.45) is 0.222. The second-order valence-corrected chi connectivity index (χ2v) is 9.68. The molecule has 1 unspecified atom stereocenters. The van der Waals surface area contributed by atoms with Crippen LogP contribution in [0.3, 0.4) is 0 Å². The maximum absolute atomic E-state index is 13.3. The minimum absolute atomic E-state index is 0.0448. The van der Waals surface area contributed by atoms with Crippen LogP contribution in [0.1, 0.15) is 16.1 Å². The standard InChI is InChI=1S/C19H17FN4O3S2/c1-12-22-23-19(28-12)21-18(25)17-10-13-4-2-3-5-14(13)11-24(17)29(26,27)16-8-6-15(20)7-9-16/h2-9,17H,10-11H2,1H3,(H,21,23,25). The number of hydrogen-bond acceptors (Lipinski definition) is 6. The normalized spacial score (nSPS) is 17.0. The molecule has 10 heteroatoms. The van der Waals surface area contributed by atoms with Gasteiger partial charge in [0.2, 0.25) is 21.1 Å². The minimum atomic E-state index is -4.03. The Morgan fingerprint density at radius 2 is 1.83 bits per heavy atom. The topological polar surface area (TPSA) is 92.3 Å². The molecule has 0 fully saturated rings. The lowest BCUT2D eigenvalue weighted by Gasteiger charge is -2.34. The fourth-order valence-electron chi connectivity index (χ4n) is 3.25. The maximum Gasteiger partial charge on any atom is 0.245 e. The number of carbonyl (C=O) groups is 1. The molecule has 0 bridgehead atoms. The van der Waals surface area contributed by atoms with Crippen LogP contribution in [-0.4, -0.2) is 34.9 Å². The van der Waals surface area contributed by atoms with E-state index < -0.39 is 27.8 Å². The smallest absolute Gasteiger partial charge is 0.245 e. The number of carbonyl (C=O) groups excluding carboxylic acids is 1. The van der Waals surface area contributed by atoms with Crippen molar-refractivity contribution in [3.8, 4) is 0 Å². The van der Waals surface area contributed by atoms with Crippen molar-refractivity contribution in [3.05, 3.63) is 70.5 Å². The Morgan fingerprint density at radius 3 is 2.48 bits per heavy atom. The van der Waals surface area contributed by atoms with E-state index in [4.69, 9.17) is 0 Å². The molecule has 1 aromatic heterocycles. The molecule has 1 atom stereocenters. The highest BCUT2D eigenvalue weighted by Crippen LogP contribution is 2.30. The molecule has 2 aromatic carbocycles. The number of aromatic nitrogens is 2. The Labute approximate surface area is 171 Å². The summed E-state index contributed by atoms with van der Waals surface area (Å²) in [6.45, 7) is 1.80. The summed E-state index contributed by atoms with van der Waals surface area (Å²) in [6, 6.07) is 11.0. The van der Waals surface area contributed by atoms with E-state index in [1.165, 1.54) is 23.5 Å². The molecule has 0 saturated carbocycles. The number of hydrogen-bond donors (Lipinski definition) is 1. The summed E-state index contributed by atoms with van der Waals surface area (Å²) < 4.78 is 41.0. The molecule has 29 heavy (non-hydrogen) atoms. The van der Waals surface area contributed by atoms with Gasteiger partial charge in [0.15, 0.2) is 0 Å². The van der Waals surface area contributed by atoms with Crippen molar-refractivity contribution in [3.63, 3.8) is 0 Å². The van der Waals surface area contributed by atoms with E-state index >= 15 is 0 Å². The minimum Gasteiger partial charge on any atom is -0.299 e. The number of fused-ring (bicyclic) bond motifs is 1. The number of nitrogens with one attached hydrogen (secondary N) is 1. The molecule has 0 spiro atoms. The Balaban J connectivity index is 1.71. The van der Waals surface area contributed by atoms with Gasteiger partial charge in [-0.2, -0.15) is 4.31 Å². The molecular formula is C19H17FN4O3S2. The van der Waals surface area contributed by atoms with Crippen molar-refractivity contribution in [1.82, 2.24) is 14.5 Å². The lowest BCUT2D eigenvalue weighted by Crippen LogP contribution is -2.50. The summed E-state index contributed by atoms with van der Waals surface area (Å²) in [4.78, 5) is 12.9. The number of benzene rings is 2. The van der Waals surface area contributed by atoms with E-state index in [2.05, 4.69) is 15.5 Å². The lowest BCUT2D eigenvalue weighted by atomic mass is 9.95. The van der Waals surface area contributed by atoms with Crippen molar-refractivity contribution in [1.29, 1.82) is 0 Å². The van der Waals surface area contributed by atoms with Crippen molar-refractivity contribution in [2.24, 2.45) is 0 Å². The molecule has 4 rings (SSSR count). The summed E-state index contributed by atoms with van der Waals surface area (Å²) in [5, 5.41) is 11.4. The fourth-order valence-corrected chi connectivity index (χ4v) is 5.41. The average Bonchev–Trinajstić information content (AvgIpc) is 3.11. The van der Waals surface area contributed by atoms with Gasteiger partial charge in [0.25, 0.3) is 0 Å². The Bertz CT molecular complexity index is 1160. The SMILES string of the molecule is Cc1nnc(NC(=O)C2Cc3ccccc3CN2S(=O)(=O)c2ccc(F)cc2)s1. The molecule has 1 aliphatic rings. The van der Waals surface area contributed by atoms with Gasteiger partial charge in [0.1, 0.15) is 16.9 Å². The second-order valence-electron chi connectivity index (χ2n) is 6.61. The summed E-state index contributed by atoms with van der Waals surface area (Å²) >= 11 is 1.21. The van der Waals surface area contributed by atoms with Crippen LogP contribution in [0, 0.1) is 12.7 Å². The quantitative estimate of drug-likeness (QED) is 0.684. The highest BCUT2D eigenvalue weighted by molar-refractivity contribution is 7.89. The van der Waals surface area contributed by atoms with Crippen LogP contribution in [0.5, 0.6) is 0 Å². The van der Waals surface area contributed by atoms with Crippen LogP contribution < -0.4 is 5.32 Å². The number of sulfonamides is 1. The molecule has 1 amide bonds. The van der Waals surface area contributed by atoms with Gasteiger partial charge in [-0.05, 0) is 48.7 Å². The van der Waals surface area contributed by atoms with E-state index in [0.717, 1.165) is 27.6 Å². The van der Waals surface area contributed by atoms with Gasteiger partial charge < -0.3 is 0 Å². The fraction of sp³-hybridized carbons (Fsp3) is 0.211. The lowest BCUT2D eigenvalue weighted by molar-refractivity contribution is -0.120. The second kappa shape index (κ2) is 7.62. The monoisotopic (exact) mass is 432 g/mol. The number of anilines is 1. The first-order chi connectivity index (χ1) is 13.8. The molecule has 7 nitrogen and oxygen atoms in total. The zero-order valence-electron chi connectivity index (χ0n) is 15.4. The molecular weight excluding hydrogens is 415 g/mol. The molecule has 3 aromatic rings. The van der Waals surface area contributed by atoms with E-state index in [9.17, 15) is 17.6 Å². The number of amides is 1. The first-order valence-electron chi connectivity index (χ1n) is 8.80. The summed E-state index contributed by atoms with van der Waals surface area (Å²) in [5.74, 6) is -1.02. The molecule has 0 aliphatic carbocycles. The largest absolute Gasteiger partial charge is 0.299 e. The van der Waals surface area contributed by atoms with Gasteiger partial charge in [-0.25, -0.2) is 12.8 Å². The molecule has 2 heterocycles. The highest BCUT2D eigenvalue weighted by atomic mass is 32.2. The van der Waals surface area contributed by atoms with Crippen molar-refractivity contribution >= 4 is 32.4 Å². The Hall–Kier alpha value is -2.69. The van der Waals surface area contributed by atoms with Crippen LogP contribution in [0.2, 0.25) is 0 Å². The predicted octanol–water partition coefficient (Wildman–Crippen LogP) is 2.74. The van der Waals surface area contributed by atoms with Gasteiger partial charge in [-0.15, -0.1) is 10.2 Å². The third-order valence-corrected chi connectivity index (χ3v) is 7.31. The van der Waals surface area contributed by atoms with Gasteiger partial charge in [-0.3, -0.25) is 10.1 Å². The molecule has 150 valence electrons. The van der Waals surface area contributed by atoms with Crippen LogP contribution in [0.15, 0.2) is 53.4 Å². The van der Waals surface area contributed by atoms with Gasteiger partial charge in [-0.1, -0.05) is 35.6 Å². The van der Waals surface area contributed by atoms with Crippen molar-refractivity contribution in [2.75, 3.05) is 5.32 Å². The average molecular weight is 433 g/mol. The molecule has 0 saturated heterocycles. The third kappa shape index (κ3) is 3.91. The zero-order valence-corrected chi connectivity index (χ0v) is 17.0. The van der Waals surface area contributed by atoms with Crippen LogP contribution >= 0.6 is 11.3 Å². The zero-order chi connectivity index (χ0) is 20.6.